The molecule has 68 valence electrons. The molecule has 0 saturated heterocycles. The van der Waals surface area contributed by atoms with E-state index < -0.39 is 0 Å². The Balaban J connectivity index is 3.03. The third-order valence-corrected chi connectivity index (χ3v) is 1.84. The lowest BCUT2D eigenvalue weighted by molar-refractivity contribution is -0.104. The summed E-state index contributed by atoms with van der Waals surface area (Å²) in [5, 5.41) is 0. The molecule has 2 nitrogen and oxygen atoms in total. The summed E-state index contributed by atoms with van der Waals surface area (Å²) in [5.74, 6) is 0.802. The molecule has 0 amide bonds. The fraction of sp³-hybridized carbons (Fsp3) is 0.182. The van der Waals surface area contributed by atoms with Gasteiger partial charge in [-0.1, -0.05) is 12.1 Å². The van der Waals surface area contributed by atoms with Gasteiger partial charge in [0.25, 0.3) is 0 Å². The third-order valence-electron chi connectivity index (χ3n) is 1.84. The summed E-state index contributed by atoms with van der Waals surface area (Å²) in [5.41, 5.74) is 2.13. The summed E-state index contributed by atoms with van der Waals surface area (Å²) >= 11 is 0. The molecule has 0 N–H and O–H groups in total. The standard InChI is InChI=1S/C11H12O2/c1-9-5-6-11(13-2)8-10(9)4-3-7-12/h3-8H,1-2H3. The molecule has 0 aliphatic heterocycles. The predicted octanol–water partition coefficient (Wildman–Crippen LogP) is 2.22. The van der Waals surface area contributed by atoms with Crippen LogP contribution in [0.5, 0.6) is 5.75 Å². The van der Waals surface area contributed by atoms with E-state index in [0.29, 0.717) is 0 Å². The van der Waals surface area contributed by atoms with Gasteiger partial charge in [-0.15, -0.1) is 0 Å². The second kappa shape index (κ2) is 4.45. The molecule has 0 atom stereocenters. The number of methoxy groups -OCH3 is 1. The van der Waals surface area contributed by atoms with Crippen molar-refractivity contribution in [2.45, 2.75) is 6.92 Å². The molecular formula is C11H12O2. The molecule has 0 radical (unpaired) electrons. The van der Waals surface area contributed by atoms with Crippen LogP contribution in [0, 0.1) is 6.92 Å². The van der Waals surface area contributed by atoms with Crippen molar-refractivity contribution in [2.24, 2.45) is 0 Å². The minimum atomic E-state index is 0.763. The minimum Gasteiger partial charge on any atom is -0.497 e. The zero-order chi connectivity index (χ0) is 9.68. The van der Waals surface area contributed by atoms with Gasteiger partial charge >= 0.3 is 0 Å². The summed E-state index contributed by atoms with van der Waals surface area (Å²) in [6.07, 6.45) is 4.01. The molecule has 1 aromatic carbocycles. The van der Waals surface area contributed by atoms with Crippen molar-refractivity contribution >= 4 is 12.4 Å². The lowest BCUT2D eigenvalue weighted by Crippen LogP contribution is -1.85. The van der Waals surface area contributed by atoms with Gasteiger partial charge in [-0.3, -0.25) is 4.79 Å². The van der Waals surface area contributed by atoms with Crippen LogP contribution < -0.4 is 4.74 Å². The van der Waals surface area contributed by atoms with Crippen LogP contribution in [0.4, 0.5) is 0 Å². The number of ether oxygens (including phenoxy) is 1. The summed E-state index contributed by atoms with van der Waals surface area (Å²) < 4.78 is 5.07. The molecule has 0 spiro atoms. The van der Waals surface area contributed by atoms with E-state index in [1.807, 2.05) is 25.1 Å². The average molecular weight is 176 g/mol. The van der Waals surface area contributed by atoms with E-state index in [1.165, 1.54) is 6.08 Å². The van der Waals surface area contributed by atoms with E-state index in [9.17, 15) is 4.79 Å². The van der Waals surface area contributed by atoms with Crippen LogP contribution in [0.2, 0.25) is 0 Å². The Morgan fingerprint density at radius 3 is 2.77 bits per heavy atom. The zero-order valence-electron chi connectivity index (χ0n) is 7.78. The van der Waals surface area contributed by atoms with Crippen molar-refractivity contribution in [3.63, 3.8) is 0 Å². The van der Waals surface area contributed by atoms with E-state index in [0.717, 1.165) is 23.2 Å². The molecular weight excluding hydrogens is 164 g/mol. The van der Waals surface area contributed by atoms with Crippen LogP contribution in [-0.4, -0.2) is 13.4 Å². The highest BCUT2D eigenvalue weighted by molar-refractivity contribution is 5.74. The maximum Gasteiger partial charge on any atom is 0.142 e. The second-order valence-electron chi connectivity index (χ2n) is 2.72. The third kappa shape index (κ3) is 2.44. The van der Waals surface area contributed by atoms with Gasteiger partial charge < -0.3 is 4.74 Å². The molecule has 0 aromatic heterocycles. The van der Waals surface area contributed by atoms with Gasteiger partial charge in [0.1, 0.15) is 12.0 Å². The predicted molar refractivity (Wildman–Crippen MR) is 52.8 cm³/mol. The number of aldehydes is 1. The van der Waals surface area contributed by atoms with Crippen LogP contribution in [0.1, 0.15) is 11.1 Å². The Kier molecular flexibility index (Phi) is 3.26. The van der Waals surface area contributed by atoms with Crippen molar-refractivity contribution in [3.05, 3.63) is 35.4 Å². The number of allylic oxidation sites excluding steroid dienone is 1. The largest absolute Gasteiger partial charge is 0.497 e. The van der Waals surface area contributed by atoms with Gasteiger partial charge in [0.15, 0.2) is 0 Å². The number of aryl methyl sites for hydroxylation is 1. The molecule has 0 aliphatic carbocycles. The van der Waals surface area contributed by atoms with Crippen molar-refractivity contribution in [2.75, 3.05) is 7.11 Å². The van der Waals surface area contributed by atoms with Gasteiger partial charge in [-0.25, -0.2) is 0 Å². The maximum absolute atomic E-state index is 10.1. The highest BCUT2D eigenvalue weighted by Crippen LogP contribution is 2.17. The number of carbonyl (C=O) groups excluding carboxylic acids is 1. The summed E-state index contributed by atoms with van der Waals surface area (Å²) in [6, 6.07) is 5.76. The molecule has 1 rings (SSSR count). The first-order chi connectivity index (χ1) is 6.27. The molecule has 1 aromatic rings. The molecule has 0 unspecified atom stereocenters. The molecule has 0 heterocycles. The topological polar surface area (TPSA) is 26.3 Å². The molecule has 0 saturated carbocycles. The Bertz CT molecular complexity index is 327. The average Bonchev–Trinajstić information content (AvgIpc) is 2.17. The van der Waals surface area contributed by atoms with E-state index >= 15 is 0 Å². The number of benzene rings is 1. The van der Waals surface area contributed by atoms with Crippen molar-refractivity contribution in [1.29, 1.82) is 0 Å². The smallest absolute Gasteiger partial charge is 0.142 e. The lowest BCUT2D eigenvalue weighted by Gasteiger charge is -2.03. The van der Waals surface area contributed by atoms with E-state index in [1.54, 1.807) is 13.2 Å². The molecule has 0 fully saturated rings. The monoisotopic (exact) mass is 176 g/mol. The molecule has 0 bridgehead atoms. The Hall–Kier alpha value is -1.57. The van der Waals surface area contributed by atoms with Gasteiger partial charge in [0.2, 0.25) is 0 Å². The molecule has 13 heavy (non-hydrogen) atoms. The first-order valence-corrected chi connectivity index (χ1v) is 4.04. The first-order valence-electron chi connectivity index (χ1n) is 4.04. The maximum atomic E-state index is 10.1. The molecule has 0 aliphatic rings. The van der Waals surface area contributed by atoms with E-state index in [2.05, 4.69) is 0 Å². The molecule has 2 heteroatoms. The minimum absolute atomic E-state index is 0.763. The van der Waals surface area contributed by atoms with Crippen LogP contribution >= 0.6 is 0 Å². The number of hydrogen-bond donors (Lipinski definition) is 0. The van der Waals surface area contributed by atoms with Crippen molar-refractivity contribution < 1.29 is 9.53 Å². The summed E-state index contributed by atoms with van der Waals surface area (Å²) in [7, 11) is 1.62. The summed E-state index contributed by atoms with van der Waals surface area (Å²) in [6.45, 7) is 1.99. The fourth-order valence-electron chi connectivity index (χ4n) is 1.07. The lowest BCUT2D eigenvalue weighted by atomic mass is 10.1. The number of hydrogen-bond acceptors (Lipinski definition) is 2. The van der Waals surface area contributed by atoms with Crippen molar-refractivity contribution in [3.8, 4) is 5.75 Å². The second-order valence-corrected chi connectivity index (χ2v) is 2.72. The number of carbonyl (C=O) groups is 1. The summed E-state index contributed by atoms with van der Waals surface area (Å²) in [4.78, 5) is 10.1. The Morgan fingerprint density at radius 2 is 2.15 bits per heavy atom. The fourth-order valence-corrected chi connectivity index (χ4v) is 1.07. The Labute approximate surface area is 77.8 Å². The number of rotatable bonds is 3. The first kappa shape index (κ1) is 9.52. The van der Waals surface area contributed by atoms with Crippen LogP contribution in [0.25, 0.3) is 6.08 Å². The van der Waals surface area contributed by atoms with E-state index in [-0.39, 0.29) is 0 Å². The highest BCUT2D eigenvalue weighted by Gasteiger charge is 1.96. The van der Waals surface area contributed by atoms with Crippen LogP contribution in [0.15, 0.2) is 24.3 Å². The normalized spacial score (nSPS) is 10.3. The quantitative estimate of drug-likeness (QED) is 0.521. The SMILES string of the molecule is COc1ccc(C)c(C=CC=O)c1. The van der Waals surface area contributed by atoms with Gasteiger partial charge in [-0.05, 0) is 36.3 Å². The van der Waals surface area contributed by atoms with E-state index in [4.69, 9.17) is 4.74 Å². The van der Waals surface area contributed by atoms with Gasteiger partial charge in [0, 0.05) is 0 Å². The van der Waals surface area contributed by atoms with Crippen molar-refractivity contribution in [1.82, 2.24) is 0 Å². The van der Waals surface area contributed by atoms with Gasteiger partial charge in [0.05, 0.1) is 7.11 Å². The van der Waals surface area contributed by atoms with Crippen LogP contribution in [-0.2, 0) is 4.79 Å². The highest BCUT2D eigenvalue weighted by atomic mass is 16.5. The Morgan fingerprint density at radius 1 is 1.38 bits per heavy atom. The zero-order valence-corrected chi connectivity index (χ0v) is 7.78. The van der Waals surface area contributed by atoms with Gasteiger partial charge in [-0.2, -0.15) is 0 Å². The van der Waals surface area contributed by atoms with Crippen LogP contribution in [0.3, 0.4) is 0 Å².